The van der Waals surface area contributed by atoms with Gasteiger partial charge in [-0.25, -0.2) is 12.8 Å². The number of alkyl halides is 1. The highest BCUT2D eigenvalue weighted by Gasteiger charge is 2.29. The van der Waals surface area contributed by atoms with Gasteiger partial charge in [-0.05, 0) is 5.92 Å². The molecule has 1 rings (SSSR count). The summed E-state index contributed by atoms with van der Waals surface area (Å²) >= 11 is 5.55. The van der Waals surface area contributed by atoms with Crippen molar-refractivity contribution in [3.05, 3.63) is 28.1 Å². The molecule has 20 heavy (non-hydrogen) atoms. The van der Waals surface area contributed by atoms with E-state index in [1.54, 1.807) is 6.92 Å². The molecule has 1 aromatic carbocycles. The predicted molar refractivity (Wildman–Crippen MR) is 71.5 cm³/mol. The third kappa shape index (κ3) is 3.57. The van der Waals surface area contributed by atoms with Gasteiger partial charge in [0.25, 0.3) is 5.69 Å². The average molecular weight is 326 g/mol. The molecule has 1 aromatic rings. The highest BCUT2D eigenvalue weighted by molar-refractivity contribution is 7.91. The van der Waals surface area contributed by atoms with Crippen LogP contribution >= 0.6 is 11.6 Å². The topological polar surface area (TPSA) is 86.5 Å². The van der Waals surface area contributed by atoms with Crippen molar-refractivity contribution >= 4 is 27.1 Å². The van der Waals surface area contributed by atoms with Crippen LogP contribution in [-0.2, 0) is 9.84 Å². The van der Waals surface area contributed by atoms with Crippen LogP contribution in [0.5, 0.6) is 5.75 Å². The Balaban J connectivity index is 3.45. The Morgan fingerprint density at radius 1 is 1.50 bits per heavy atom. The second kappa shape index (κ2) is 6.36. The highest BCUT2D eigenvalue weighted by atomic mass is 35.5. The molecule has 0 spiro atoms. The smallest absolute Gasteiger partial charge is 0.291 e. The minimum absolute atomic E-state index is 0.0886. The van der Waals surface area contributed by atoms with E-state index in [0.29, 0.717) is 6.07 Å². The van der Waals surface area contributed by atoms with Gasteiger partial charge < -0.3 is 4.74 Å². The molecule has 0 amide bonds. The SMILES string of the molecule is COc1cc(S(=O)(=O)CC(C)CCl)c([N+](=O)[O-])cc1F. The highest BCUT2D eigenvalue weighted by Crippen LogP contribution is 2.32. The quantitative estimate of drug-likeness (QED) is 0.347. The minimum Gasteiger partial charge on any atom is -0.494 e. The predicted octanol–water partition coefficient (Wildman–Crippen LogP) is 2.39. The number of halogens is 2. The van der Waals surface area contributed by atoms with Crippen LogP contribution in [0.15, 0.2) is 17.0 Å². The minimum atomic E-state index is -3.97. The maximum Gasteiger partial charge on any atom is 0.291 e. The maximum atomic E-state index is 13.5. The zero-order valence-corrected chi connectivity index (χ0v) is 12.4. The fraction of sp³-hybridized carbons (Fsp3) is 0.455. The van der Waals surface area contributed by atoms with Crippen LogP contribution in [0.2, 0.25) is 0 Å². The molecule has 0 bridgehead atoms. The molecule has 1 unspecified atom stereocenters. The summed E-state index contributed by atoms with van der Waals surface area (Å²) < 4.78 is 42.5. The van der Waals surface area contributed by atoms with Gasteiger partial charge in [-0.2, -0.15) is 0 Å². The number of hydrogen-bond donors (Lipinski definition) is 0. The van der Waals surface area contributed by atoms with E-state index in [-0.39, 0.29) is 17.4 Å². The largest absolute Gasteiger partial charge is 0.494 e. The van der Waals surface area contributed by atoms with Crippen molar-refractivity contribution in [1.29, 1.82) is 0 Å². The summed E-state index contributed by atoms with van der Waals surface area (Å²) in [6.07, 6.45) is 0. The van der Waals surface area contributed by atoms with Gasteiger partial charge >= 0.3 is 0 Å². The van der Waals surface area contributed by atoms with Crippen molar-refractivity contribution in [3.63, 3.8) is 0 Å². The molecular formula is C11H13ClFNO5S. The Morgan fingerprint density at radius 3 is 2.55 bits per heavy atom. The normalized spacial score (nSPS) is 13.0. The van der Waals surface area contributed by atoms with Gasteiger partial charge in [-0.15, -0.1) is 11.6 Å². The first-order valence-corrected chi connectivity index (χ1v) is 7.72. The first-order valence-electron chi connectivity index (χ1n) is 5.53. The van der Waals surface area contributed by atoms with Crippen molar-refractivity contribution in [2.24, 2.45) is 5.92 Å². The van der Waals surface area contributed by atoms with Crippen molar-refractivity contribution < 1.29 is 22.5 Å². The molecule has 6 nitrogen and oxygen atoms in total. The van der Waals surface area contributed by atoms with Crippen LogP contribution in [0.1, 0.15) is 6.92 Å². The molecule has 0 aliphatic carbocycles. The Morgan fingerprint density at radius 2 is 2.10 bits per heavy atom. The van der Waals surface area contributed by atoms with Crippen LogP contribution in [0, 0.1) is 21.8 Å². The van der Waals surface area contributed by atoms with Crippen LogP contribution in [-0.4, -0.2) is 32.1 Å². The Bertz CT molecular complexity index is 619. The molecule has 0 radical (unpaired) electrons. The first-order chi connectivity index (χ1) is 9.22. The van der Waals surface area contributed by atoms with Gasteiger partial charge in [0.2, 0.25) is 0 Å². The van der Waals surface area contributed by atoms with E-state index < -0.39 is 37.1 Å². The number of sulfone groups is 1. The van der Waals surface area contributed by atoms with Crippen LogP contribution < -0.4 is 4.74 Å². The molecule has 0 aromatic heterocycles. The summed E-state index contributed by atoms with van der Waals surface area (Å²) in [5.74, 6) is -2.04. The molecule has 0 N–H and O–H groups in total. The number of benzene rings is 1. The van der Waals surface area contributed by atoms with Gasteiger partial charge in [0.15, 0.2) is 21.4 Å². The summed E-state index contributed by atoms with van der Waals surface area (Å²) in [6, 6.07) is 1.36. The van der Waals surface area contributed by atoms with E-state index in [4.69, 9.17) is 11.6 Å². The summed E-state index contributed by atoms with van der Waals surface area (Å²) in [5.41, 5.74) is -0.815. The standard InChI is InChI=1S/C11H13ClFNO5S/c1-7(5-12)6-20(17,18)11-4-10(19-2)8(13)3-9(11)14(15)16/h3-4,7H,5-6H2,1-2H3. The van der Waals surface area contributed by atoms with Gasteiger partial charge in [0.1, 0.15) is 4.90 Å². The van der Waals surface area contributed by atoms with Gasteiger partial charge in [0.05, 0.1) is 23.9 Å². The first kappa shape index (κ1) is 16.6. The van der Waals surface area contributed by atoms with E-state index in [9.17, 15) is 22.9 Å². The average Bonchev–Trinajstić information content (AvgIpc) is 2.37. The Kier molecular flexibility index (Phi) is 5.29. The molecule has 0 aliphatic heterocycles. The van der Waals surface area contributed by atoms with Crippen molar-refractivity contribution in [1.82, 2.24) is 0 Å². The zero-order valence-electron chi connectivity index (χ0n) is 10.8. The molecule has 0 aliphatic rings. The summed E-state index contributed by atoms with van der Waals surface area (Å²) in [7, 11) is -2.83. The summed E-state index contributed by atoms with van der Waals surface area (Å²) in [5, 5.41) is 10.9. The van der Waals surface area contributed by atoms with Gasteiger partial charge in [-0.3, -0.25) is 10.1 Å². The van der Waals surface area contributed by atoms with Crippen molar-refractivity contribution in [3.8, 4) is 5.75 Å². The lowest BCUT2D eigenvalue weighted by atomic mass is 10.3. The number of nitro groups is 1. The zero-order chi connectivity index (χ0) is 15.5. The fourth-order valence-electron chi connectivity index (χ4n) is 1.58. The van der Waals surface area contributed by atoms with E-state index in [1.807, 2.05) is 0 Å². The van der Waals surface area contributed by atoms with E-state index in [1.165, 1.54) is 0 Å². The molecule has 0 fully saturated rings. The number of nitrogens with zero attached hydrogens (tertiary/aromatic N) is 1. The van der Waals surface area contributed by atoms with Crippen LogP contribution in [0.3, 0.4) is 0 Å². The Labute approximate surface area is 120 Å². The molecule has 9 heteroatoms. The number of nitro benzene ring substituents is 1. The molecule has 0 saturated carbocycles. The lowest BCUT2D eigenvalue weighted by Gasteiger charge is -2.11. The molecule has 0 saturated heterocycles. The molecule has 1 atom stereocenters. The third-order valence-corrected chi connectivity index (χ3v) is 5.06. The van der Waals surface area contributed by atoms with Crippen LogP contribution in [0.25, 0.3) is 0 Å². The lowest BCUT2D eigenvalue weighted by molar-refractivity contribution is -0.388. The Hall–Kier alpha value is -1.41. The lowest BCUT2D eigenvalue weighted by Crippen LogP contribution is -2.16. The summed E-state index contributed by atoms with van der Waals surface area (Å²) in [6.45, 7) is 1.59. The number of methoxy groups -OCH3 is 1. The molecule has 112 valence electrons. The molecule has 0 heterocycles. The fourth-order valence-corrected chi connectivity index (χ4v) is 3.61. The van der Waals surface area contributed by atoms with E-state index >= 15 is 0 Å². The van der Waals surface area contributed by atoms with Crippen molar-refractivity contribution in [2.75, 3.05) is 18.7 Å². The number of ether oxygens (including phenoxy) is 1. The van der Waals surface area contributed by atoms with E-state index in [0.717, 1.165) is 13.2 Å². The van der Waals surface area contributed by atoms with Gasteiger partial charge in [-0.1, -0.05) is 6.92 Å². The summed E-state index contributed by atoms with van der Waals surface area (Å²) in [4.78, 5) is 9.37. The second-order valence-electron chi connectivity index (χ2n) is 4.25. The maximum absolute atomic E-state index is 13.5. The van der Waals surface area contributed by atoms with Crippen molar-refractivity contribution in [2.45, 2.75) is 11.8 Å². The van der Waals surface area contributed by atoms with Crippen LogP contribution in [0.4, 0.5) is 10.1 Å². The third-order valence-electron chi connectivity index (χ3n) is 2.53. The number of rotatable bonds is 6. The number of hydrogen-bond acceptors (Lipinski definition) is 5. The van der Waals surface area contributed by atoms with Gasteiger partial charge in [0, 0.05) is 11.9 Å². The molecular weight excluding hydrogens is 313 g/mol. The second-order valence-corrected chi connectivity index (χ2v) is 6.56. The monoisotopic (exact) mass is 325 g/mol. The van der Waals surface area contributed by atoms with E-state index in [2.05, 4.69) is 4.74 Å².